The van der Waals surface area contributed by atoms with Gasteiger partial charge in [0.05, 0.1) is 19.3 Å². The molecule has 1 fully saturated rings. The first kappa shape index (κ1) is 25.8. The lowest BCUT2D eigenvalue weighted by atomic mass is 9.72. The van der Waals surface area contributed by atoms with Crippen molar-refractivity contribution in [3.8, 4) is 5.75 Å². The molecule has 0 bridgehead atoms. The van der Waals surface area contributed by atoms with Gasteiger partial charge in [0.2, 0.25) is 5.91 Å². The molecule has 3 rings (SSSR count). The number of carbonyl (C=O) groups is 2. The summed E-state index contributed by atoms with van der Waals surface area (Å²) >= 11 is 0. The number of amides is 1. The molecular weight excluding hydrogens is 439 g/mol. The summed E-state index contributed by atoms with van der Waals surface area (Å²) in [4.78, 5) is 30.1. The molecule has 1 aliphatic rings. The number of Topliss-reactive ketones (excluding diaryl/α,β-unsaturated/α-hetero) is 1. The number of hydrogen-bond donors (Lipinski definition) is 2. The number of rotatable bonds is 9. The fraction of sp³-hybridized carbons (Fsp3) is 0.462. The molecule has 1 aliphatic heterocycles. The highest BCUT2D eigenvalue weighted by molar-refractivity contribution is 5.99. The minimum atomic E-state index is -0.613. The number of hydrogen-bond acceptors (Lipinski definition) is 6. The Labute approximate surface area is 199 Å². The number of ketones is 1. The van der Waals surface area contributed by atoms with E-state index in [1.54, 1.807) is 43.2 Å². The van der Waals surface area contributed by atoms with Crippen molar-refractivity contribution >= 4 is 11.7 Å². The second kappa shape index (κ2) is 11.6. The van der Waals surface area contributed by atoms with E-state index in [0.717, 1.165) is 0 Å². The topological polar surface area (TPSA) is 90.3 Å². The predicted octanol–water partition coefficient (Wildman–Crippen LogP) is 2.59. The lowest BCUT2D eigenvalue weighted by Crippen LogP contribution is -2.59. The molecule has 0 unspecified atom stereocenters. The Balaban J connectivity index is 2.16. The molecule has 0 aromatic heterocycles. The second-order valence-electron chi connectivity index (χ2n) is 8.76. The zero-order valence-corrected chi connectivity index (χ0v) is 19.9. The lowest BCUT2D eigenvalue weighted by molar-refractivity contribution is -0.134. The fourth-order valence-electron chi connectivity index (χ4n) is 5.00. The van der Waals surface area contributed by atoms with Crippen LogP contribution in [-0.4, -0.2) is 84.2 Å². The number of aromatic hydroxyl groups is 1. The number of methoxy groups -OCH3 is 1. The van der Waals surface area contributed by atoms with Crippen LogP contribution in [0.4, 0.5) is 4.39 Å². The molecule has 0 saturated carbocycles. The molecular formula is C26H33FN2O5. The van der Waals surface area contributed by atoms with Gasteiger partial charge < -0.3 is 19.8 Å². The van der Waals surface area contributed by atoms with E-state index in [1.807, 2.05) is 0 Å². The number of phenols is 1. The summed E-state index contributed by atoms with van der Waals surface area (Å²) in [6, 6.07) is 10.5. The van der Waals surface area contributed by atoms with E-state index in [4.69, 9.17) is 4.74 Å². The van der Waals surface area contributed by atoms with Gasteiger partial charge in [-0.15, -0.1) is 0 Å². The number of carbonyl (C=O) groups excluding carboxylic acids is 2. The van der Waals surface area contributed by atoms with Crippen LogP contribution in [0.2, 0.25) is 0 Å². The first-order valence-corrected chi connectivity index (χ1v) is 11.5. The molecule has 0 spiro atoms. The molecule has 3 atom stereocenters. The van der Waals surface area contributed by atoms with Gasteiger partial charge in [-0.05, 0) is 36.2 Å². The Morgan fingerprint density at radius 1 is 1.21 bits per heavy atom. The van der Waals surface area contributed by atoms with Crippen molar-refractivity contribution < 1.29 is 28.9 Å². The summed E-state index contributed by atoms with van der Waals surface area (Å²) < 4.78 is 19.9. The van der Waals surface area contributed by atoms with E-state index >= 15 is 0 Å². The molecule has 2 aromatic rings. The van der Waals surface area contributed by atoms with Gasteiger partial charge >= 0.3 is 0 Å². The molecule has 2 aromatic carbocycles. The monoisotopic (exact) mass is 472 g/mol. The maximum Gasteiger partial charge on any atom is 0.219 e. The molecule has 7 nitrogen and oxygen atoms in total. The molecule has 0 radical (unpaired) electrons. The highest BCUT2D eigenvalue weighted by atomic mass is 19.1. The molecule has 2 N–H and O–H groups in total. The highest BCUT2D eigenvalue weighted by Gasteiger charge is 2.45. The van der Waals surface area contributed by atoms with Crippen LogP contribution in [0.3, 0.4) is 0 Å². The van der Waals surface area contributed by atoms with Gasteiger partial charge in [-0.2, -0.15) is 0 Å². The van der Waals surface area contributed by atoms with Crippen LogP contribution in [0.1, 0.15) is 34.3 Å². The standard InChI is InChI=1S/C26H33FN2O5/c1-17-21(8-5-9-23(17)27)25-22(26(33)19-6-4-7-20(32)14-19)15-28(11-13-34-3)16-24(25)29(10-12-30)18(2)31/h4-9,14,22,24-25,30,32H,10-13,15-16H2,1-3H3/t22-,24+,25+/m0/s1. The lowest BCUT2D eigenvalue weighted by Gasteiger charge is -2.48. The third-order valence-electron chi connectivity index (χ3n) is 6.64. The average Bonchev–Trinajstić information content (AvgIpc) is 2.82. The quantitative estimate of drug-likeness (QED) is 0.546. The maximum absolute atomic E-state index is 14.7. The van der Waals surface area contributed by atoms with Crippen molar-refractivity contribution in [1.82, 2.24) is 9.80 Å². The fourth-order valence-corrected chi connectivity index (χ4v) is 5.00. The summed E-state index contributed by atoms with van der Waals surface area (Å²) in [7, 11) is 1.60. The molecule has 34 heavy (non-hydrogen) atoms. The van der Waals surface area contributed by atoms with E-state index in [2.05, 4.69) is 4.90 Å². The van der Waals surface area contributed by atoms with Crippen LogP contribution >= 0.6 is 0 Å². The van der Waals surface area contributed by atoms with Crippen molar-refractivity contribution in [3.63, 3.8) is 0 Å². The summed E-state index contributed by atoms with van der Waals surface area (Å²) in [6.07, 6.45) is 0. The van der Waals surface area contributed by atoms with Gasteiger partial charge in [-0.1, -0.05) is 24.3 Å². The number of phenolic OH excluding ortho intramolecular Hbond substituents is 1. The van der Waals surface area contributed by atoms with Crippen LogP contribution in [-0.2, 0) is 9.53 Å². The Kier molecular flexibility index (Phi) is 8.77. The van der Waals surface area contributed by atoms with Crippen LogP contribution in [0, 0.1) is 18.7 Å². The van der Waals surface area contributed by atoms with E-state index < -0.39 is 17.9 Å². The van der Waals surface area contributed by atoms with Crippen molar-refractivity contribution in [3.05, 3.63) is 65.0 Å². The van der Waals surface area contributed by atoms with Gasteiger partial charge in [0.25, 0.3) is 0 Å². The van der Waals surface area contributed by atoms with E-state index in [9.17, 15) is 24.2 Å². The Morgan fingerprint density at radius 2 is 1.94 bits per heavy atom. The second-order valence-corrected chi connectivity index (χ2v) is 8.76. The van der Waals surface area contributed by atoms with Crippen molar-refractivity contribution in [1.29, 1.82) is 0 Å². The Morgan fingerprint density at radius 3 is 2.59 bits per heavy atom. The van der Waals surface area contributed by atoms with Crippen LogP contribution < -0.4 is 0 Å². The SMILES string of the molecule is COCCN1C[C@H](C(=O)c2cccc(O)c2)[C@@H](c2cccc(F)c2C)[C@H](N(CCO)C(C)=O)C1. The molecule has 0 aliphatic carbocycles. The number of piperidine rings is 1. The minimum Gasteiger partial charge on any atom is -0.508 e. The van der Waals surface area contributed by atoms with E-state index in [-0.39, 0.29) is 36.4 Å². The Hall–Kier alpha value is -2.81. The largest absolute Gasteiger partial charge is 0.508 e. The number of ether oxygens (including phenoxy) is 1. The van der Waals surface area contributed by atoms with Crippen molar-refractivity contribution in [2.45, 2.75) is 25.8 Å². The van der Waals surface area contributed by atoms with Crippen LogP contribution in [0.15, 0.2) is 42.5 Å². The third kappa shape index (κ3) is 5.63. The molecule has 1 saturated heterocycles. The van der Waals surface area contributed by atoms with Gasteiger partial charge in [0.1, 0.15) is 11.6 Å². The van der Waals surface area contributed by atoms with E-state index in [0.29, 0.717) is 42.9 Å². The number of aliphatic hydroxyl groups is 1. The summed E-state index contributed by atoms with van der Waals surface area (Å²) in [6.45, 7) is 4.84. The highest BCUT2D eigenvalue weighted by Crippen LogP contribution is 2.40. The minimum absolute atomic E-state index is 0.0152. The number of nitrogens with zero attached hydrogens (tertiary/aromatic N) is 2. The molecule has 8 heteroatoms. The maximum atomic E-state index is 14.7. The van der Waals surface area contributed by atoms with Gasteiger partial charge in [-0.3, -0.25) is 14.5 Å². The van der Waals surface area contributed by atoms with Crippen molar-refractivity contribution in [2.24, 2.45) is 5.92 Å². The first-order chi connectivity index (χ1) is 16.3. The normalized spacial score (nSPS) is 20.8. The Bertz CT molecular complexity index is 1010. The summed E-state index contributed by atoms with van der Waals surface area (Å²) in [5.41, 5.74) is 1.45. The van der Waals surface area contributed by atoms with Crippen LogP contribution in [0.5, 0.6) is 5.75 Å². The van der Waals surface area contributed by atoms with Gasteiger partial charge in [0, 0.05) is 57.6 Å². The zero-order valence-electron chi connectivity index (χ0n) is 19.9. The predicted molar refractivity (Wildman–Crippen MR) is 126 cm³/mol. The number of halogens is 1. The number of likely N-dealkylation sites (tertiary alicyclic amines) is 1. The van der Waals surface area contributed by atoms with Crippen molar-refractivity contribution in [2.75, 3.05) is 46.5 Å². The smallest absolute Gasteiger partial charge is 0.219 e. The van der Waals surface area contributed by atoms with E-state index in [1.165, 1.54) is 25.1 Å². The average molecular weight is 473 g/mol. The molecule has 184 valence electrons. The molecule has 1 amide bonds. The number of aliphatic hydroxyl groups excluding tert-OH is 1. The number of benzene rings is 2. The van der Waals surface area contributed by atoms with Gasteiger partial charge in [0.15, 0.2) is 5.78 Å². The van der Waals surface area contributed by atoms with Crippen LogP contribution in [0.25, 0.3) is 0 Å². The third-order valence-corrected chi connectivity index (χ3v) is 6.64. The summed E-state index contributed by atoms with van der Waals surface area (Å²) in [5.74, 6) is -1.92. The zero-order chi connectivity index (χ0) is 24.8. The first-order valence-electron chi connectivity index (χ1n) is 11.5. The summed E-state index contributed by atoms with van der Waals surface area (Å²) in [5, 5.41) is 19.6. The molecule has 1 heterocycles. The van der Waals surface area contributed by atoms with Gasteiger partial charge in [-0.25, -0.2) is 4.39 Å².